The van der Waals surface area contributed by atoms with E-state index in [4.69, 9.17) is 5.73 Å². The van der Waals surface area contributed by atoms with Gasteiger partial charge >= 0.3 is 0 Å². The molecule has 0 aliphatic carbocycles. The SMILES string of the molecule is CC(C)(C)C(=O)Nc1cc(NC(=O)C(C)(C)C)cc(C(N)=O)c1. The van der Waals surface area contributed by atoms with Gasteiger partial charge in [-0.1, -0.05) is 41.5 Å². The lowest BCUT2D eigenvalue weighted by Crippen LogP contribution is -2.29. The molecule has 23 heavy (non-hydrogen) atoms. The van der Waals surface area contributed by atoms with Gasteiger partial charge < -0.3 is 16.4 Å². The maximum absolute atomic E-state index is 12.1. The lowest BCUT2D eigenvalue weighted by Gasteiger charge is -2.20. The largest absolute Gasteiger partial charge is 0.366 e. The molecule has 0 saturated carbocycles. The van der Waals surface area contributed by atoms with E-state index in [9.17, 15) is 14.4 Å². The molecule has 0 unspecified atom stereocenters. The van der Waals surface area contributed by atoms with Crippen molar-refractivity contribution in [2.24, 2.45) is 16.6 Å². The fourth-order valence-electron chi connectivity index (χ4n) is 1.55. The van der Waals surface area contributed by atoms with Gasteiger partial charge in [-0.3, -0.25) is 14.4 Å². The van der Waals surface area contributed by atoms with E-state index in [1.165, 1.54) is 12.1 Å². The molecule has 0 spiro atoms. The summed E-state index contributed by atoms with van der Waals surface area (Å²) in [5.74, 6) is -1.04. The number of carbonyl (C=O) groups is 3. The van der Waals surface area contributed by atoms with E-state index in [2.05, 4.69) is 10.6 Å². The molecule has 6 nitrogen and oxygen atoms in total. The smallest absolute Gasteiger partial charge is 0.248 e. The third-order valence-corrected chi connectivity index (χ3v) is 3.10. The first-order valence-electron chi connectivity index (χ1n) is 7.38. The van der Waals surface area contributed by atoms with E-state index in [-0.39, 0.29) is 17.4 Å². The van der Waals surface area contributed by atoms with Crippen molar-refractivity contribution >= 4 is 29.1 Å². The summed E-state index contributed by atoms with van der Waals surface area (Å²) in [6.45, 7) is 10.7. The minimum Gasteiger partial charge on any atom is -0.366 e. The Balaban J connectivity index is 3.16. The normalized spacial score (nSPS) is 11.7. The molecule has 0 bridgehead atoms. The molecule has 0 radical (unpaired) electrons. The predicted molar refractivity (Wildman–Crippen MR) is 91.1 cm³/mol. The molecule has 1 aromatic carbocycles. The van der Waals surface area contributed by atoms with Crippen LogP contribution >= 0.6 is 0 Å². The first kappa shape index (κ1) is 18.7. The number of amides is 3. The van der Waals surface area contributed by atoms with Gasteiger partial charge in [-0.25, -0.2) is 0 Å². The molecule has 1 rings (SSSR count). The van der Waals surface area contributed by atoms with E-state index < -0.39 is 16.7 Å². The van der Waals surface area contributed by atoms with Gasteiger partial charge in [0.15, 0.2) is 0 Å². The average Bonchev–Trinajstić information content (AvgIpc) is 2.35. The van der Waals surface area contributed by atoms with Crippen molar-refractivity contribution in [3.63, 3.8) is 0 Å². The van der Waals surface area contributed by atoms with Gasteiger partial charge in [0.1, 0.15) is 0 Å². The summed E-state index contributed by atoms with van der Waals surface area (Å²) in [4.78, 5) is 35.7. The first-order chi connectivity index (χ1) is 10.3. The van der Waals surface area contributed by atoms with E-state index in [1.807, 2.05) is 0 Å². The Labute approximate surface area is 136 Å². The van der Waals surface area contributed by atoms with Crippen molar-refractivity contribution in [1.82, 2.24) is 0 Å². The summed E-state index contributed by atoms with van der Waals surface area (Å²) < 4.78 is 0. The Morgan fingerprint density at radius 1 is 0.783 bits per heavy atom. The van der Waals surface area contributed by atoms with Gasteiger partial charge in [-0.2, -0.15) is 0 Å². The lowest BCUT2D eigenvalue weighted by atomic mass is 9.95. The third kappa shape index (κ3) is 5.39. The molecule has 6 heteroatoms. The zero-order chi connectivity index (χ0) is 18.0. The molecule has 1 aromatic rings. The van der Waals surface area contributed by atoms with Crippen LogP contribution in [0.1, 0.15) is 51.9 Å². The number of carbonyl (C=O) groups excluding carboxylic acids is 3. The number of nitrogens with two attached hydrogens (primary N) is 1. The van der Waals surface area contributed by atoms with Gasteiger partial charge in [0.25, 0.3) is 0 Å². The summed E-state index contributed by atoms with van der Waals surface area (Å²) in [5, 5.41) is 5.46. The lowest BCUT2D eigenvalue weighted by molar-refractivity contribution is -0.123. The molecule has 3 amide bonds. The second-order valence-corrected chi connectivity index (χ2v) is 7.57. The maximum Gasteiger partial charge on any atom is 0.248 e. The topological polar surface area (TPSA) is 101 Å². The molecule has 0 aliphatic rings. The van der Waals surface area contributed by atoms with Crippen LogP contribution in [0, 0.1) is 10.8 Å². The van der Waals surface area contributed by atoms with Crippen LogP contribution in [0.15, 0.2) is 18.2 Å². The first-order valence-corrected chi connectivity index (χ1v) is 7.38. The van der Waals surface area contributed by atoms with Crippen LogP contribution in [0.25, 0.3) is 0 Å². The molecule has 0 fully saturated rings. The quantitative estimate of drug-likeness (QED) is 0.798. The van der Waals surface area contributed by atoms with Crippen molar-refractivity contribution in [2.75, 3.05) is 10.6 Å². The second-order valence-electron chi connectivity index (χ2n) is 7.57. The van der Waals surface area contributed by atoms with Crippen LogP contribution in [0.2, 0.25) is 0 Å². The summed E-state index contributed by atoms with van der Waals surface area (Å²) in [6, 6.07) is 4.57. The van der Waals surface area contributed by atoms with Crippen molar-refractivity contribution in [3.8, 4) is 0 Å². The number of hydrogen-bond donors (Lipinski definition) is 3. The highest BCUT2D eigenvalue weighted by atomic mass is 16.2. The van der Waals surface area contributed by atoms with E-state index in [1.54, 1.807) is 47.6 Å². The summed E-state index contributed by atoms with van der Waals surface area (Å²) >= 11 is 0. The molecular formula is C17H25N3O3. The van der Waals surface area contributed by atoms with Crippen LogP contribution in [0.5, 0.6) is 0 Å². The number of nitrogens with one attached hydrogen (secondary N) is 2. The van der Waals surface area contributed by atoms with Crippen molar-refractivity contribution in [2.45, 2.75) is 41.5 Å². The highest BCUT2D eigenvalue weighted by Gasteiger charge is 2.23. The molecule has 0 aliphatic heterocycles. The summed E-state index contributed by atoms with van der Waals surface area (Å²) in [6.07, 6.45) is 0. The van der Waals surface area contributed by atoms with Gasteiger partial charge in [0.2, 0.25) is 17.7 Å². The van der Waals surface area contributed by atoms with Gasteiger partial charge in [-0.05, 0) is 18.2 Å². The highest BCUT2D eigenvalue weighted by molar-refractivity contribution is 6.01. The summed E-state index contributed by atoms with van der Waals surface area (Å²) in [5.41, 5.74) is 5.17. The van der Waals surface area contributed by atoms with Crippen LogP contribution in [0.3, 0.4) is 0 Å². The van der Waals surface area contributed by atoms with E-state index >= 15 is 0 Å². The van der Waals surface area contributed by atoms with Crippen molar-refractivity contribution in [1.29, 1.82) is 0 Å². The van der Waals surface area contributed by atoms with Crippen LogP contribution in [-0.4, -0.2) is 17.7 Å². The minimum atomic E-state index is -0.636. The average molecular weight is 319 g/mol. The van der Waals surface area contributed by atoms with Crippen LogP contribution in [0.4, 0.5) is 11.4 Å². The molecule has 126 valence electrons. The molecule has 0 saturated heterocycles. The van der Waals surface area contributed by atoms with Gasteiger partial charge in [-0.15, -0.1) is 0 Å². The second kappa shape index (κ2) is 6.40. The number of primary amides is 1. The monoisotopic (exact) mass is 319 g/mol. The minimum absolute atomic E-state index is 0.202. The Morgan fingerprint density at radius 3 is 1.39 bits per heavy atom. The Bertz CT molecular complexity index is 591. The number of benzene rings is 1. The standard InChI is InChI=1S/C17H25N3O3/c1-16(2,3)14(22)19-11-7-10(13(18)21)8-12(9-11)20-15(23)17(4,5)6/h7-9H,1-6H3,(H2,18,21)(H,19,22)(H,20,23). The van der Waals surface area contributed by atoms with Gasteiger partial charge in [0.05, 0.1) is 0 Å². The van der Waals surface area contributed by atoms with E-state index in [0.29, 0.717) is 11.4 Å². The zero-order valence-corrected chi connectivity index (χ0v) is 14.5. The predicted octanol–water partition coefficient (Wildman–Crippen LogP) is 2.75. The number of hydrogen-bond acceptors (Lipinski definition) is 3. The molecule has 0 heterocycles. The number of rotatable bonds is 3. The fourth-order valence-corrected chi connectivity index (χ4v) is 1.55. The molecule has 0 aromatic heterocycles. The Morgan fingerprint density at radius 2 is 1.13 bits per heavy atom. The molecular weight excluding hydrogens is 294 g/mol. The van der Waals surface area contributed by atoms with Gasteiger partial charge in [0, 0.05) is 27.8 Å². The number of anilines is 2. The maximum atomic E-state index is 12.1. The summed E-state index contributed by atoms with van der Waals surface area (Å²) in [7, 11) is 0. The van der Waals surface area contributed by atoms with Crippen LogP contribution < -0.4 is 16.4 Å². The van der Waals surface area contributed by atoms with Crippen molar-refractivity contribution in [3.05, 3.63) is 23.8 Å². The Hall–Kier alpha value is -2.37. The molecule has 4 N–H and O–H groups in total. The van der Waals surface area contributed by atoms with E-state index in [0.717, 1.165) is 0 Å². The highest BCUT2D eigenvalue weighted by Crippen LogP contribution is 2.24. The molecule has 0 atom stereocenters. The fraction of sp³-hybridized carbons (Fsp3) is 0.471. The third-order valence-electron chi connectivity index (χ3n) is 3.10. The van der Waals surface area contributed by atoms with Crippen LogP contribution in [-0.2, 0) is 9.59 Å². The van der Waals surface area contributed by atoms with Crippen molar-refractivity contribution < 1.29 is 14.4 Å². The Kier molecular flexibility index (Phi) is 5.20. The zero-order valence-electron chi connectivity index (χ0n) is 14.5.